The molecule has 31 heavy (non-hydrogen) atoms. The summed E-state index contributed by atoms with van der Waals surface area (Å²) in [6.07, 6.45) is 0. The molecule has 0 fully saturated rings. The summed E-state index contributed by atoms with van der Waals surface area (Å²) < 4.78 is 5.41. The van der Waals surface area contributed by atoms with E-state index in [0.29, 0.717) is 11.3 Å². The maximum Gasteiger partial charge on any atom is 0.278 e. The van der Waals surface area contributed by atoms with Crippen molar-refractivity contribution in [2.45, 2.75) is 20.4 Å². The van der Waals surface area contributed by atoms with E-state index in [1.807, 2.05) is 86.6 Å². The maximum atomic E-state index is 13.5. The zero-order chi connectivity index (χ0) is 22.0. The number of methoxy groups -OCH3 is 1. The summed E-state index contributed by atoms with van der Waals surface area (Å²) in [5, 5.41) is 3.18. The molecule has 3 aromatic carbocycles. The zero-order valence-electron chi connectivity index (χ0n) is 17.8. The number of rotatable bonds is 6. The number of imide groups is 1. The summed E-state index contributed by atoms with van der Waals surface area (Å²) in [5.41, 5.74) is 5.10. The van der Waals surface area contributed by atoms with Gasteiger partial charge in [0.05, 0.1) is 19.2 Å². The first-order chi connectivity index (χ1) is 15.0. The third-order valence-electron chi connectivity index (χ3n) is 5.53. The average molecular weight is 412 g/mol. The van der Waals surface area contributed by atoms with E-state index in [1.165, 1.54) is 4.90 Å². The van der Waals surface area contributed by atoms with Crippen LogP contribution in [0.1, 0.15) is 22.3 Å². The molecule has 1 heterocycles. The Labute approximate surface area is 182 Å². The van der Waals surface area contributed by atoms with Gasteiger partial charge in [-0.15, -0.1) is 0 Å². The largest absolute Gasteiger partial charge is 0.496 e. The molecule has 156 valence electrons. The van der Waals surface area contributed by atoms with E-state index in [9.17, 15) is 9.59 Å². The van der Waals surface area contributed by atoms with Crippen molar-refractivity contribution in [3.63, 3.8) is 0 Å². The molecule has 5 heteroatoms. The highest BCUT2D eigenvalue weighted by molar-refractivity contribution is 6.36. The van der Waals surface area contributed by atoms with Crippen LogP contribution in [-0.4, -0.2) is 23.8 Å². The third-order valence-corrected chi connectivity index (χ3v) is 5.53. The van der Waals surface area contributed by atoms with Gasteiger partial charge in [0.1, 0.15) is 11.4 Å². The van der Waals surface area contributed by atoms with Crippen molar-refractivity contribution >= 4 is 23.1 Å². The van der Waals surface area contributed by atoms with Crippen LogP contribution < -0.4 is 10.1 Å². The number of hydrogen-bond donors (Lipinski definition) is 1. The fourth-order valence-corrected chi connectivity index (χ4v) is 3.67. The van der Waals surface area contributed by atoms with Crippen LogP contribution in [0.5, 0.6) is 5.75 Å². The molecule has 0 saturated heterocycles. The fourth-order valence-electron chi connectivity index (χ4n) is 3.67. The Bertz CT molecular complexity index is 1180. The number of hydrogen-bond acceptors (Lipinski definition) is 4. The topological polar surface area (TPSA) is 58.6 Å². The van der Waals surface area contributed by atoms with Gasteiger partial charge >= 0.3 is 0 Å². The van der Waals surface area contributed by atoms with Crippen molar-refractivity contribution in [2.75, 3.05) is 12.4 Å². The van der Waals surface area contributed by atoms with E-state index in [0.717, 1.165) is 27.9 Å². The lowest BCUT2D eigenvalue weighted by Crippen LogP contribution is -2.32. The van der Waals surface area contributed by atoms with Gasteiger partial charge in [-0.05, 0) is 48.7 Å². The molecular weight excluding hydrogens is 388 g/mol. The highest BCUT2D eigenvalue weighted by atomic mass is 16.5. The van der Waals surface area contributed by atoms with Crippen molar-refractivity contribution < 1.29 is 14.3 Å². The van der Waals surface area contributed by atoms with Gasteiger partial charge in [-0.1, -0.05) is 54.6 Å². The van der Waals surface area contributed by atoms with Crippen LogP contribution in [0.3, 0.4) is 0 Å². The maximum absolute atomic E-state index is 13.5. The number of para-hydroxylation sites is 2. The van der Waals surface area contributed by atoms with Crippen LogP contribution >= 0.6 is 0 Å². The van der Waals surface area contributed by atoms with Gasteiger partial charge in [-0.3, -0.25) is 14.5 Å². The van der Waals surface area contributed by atoms with Crippen LogP contribution in [0.25, 0.3) is 5.57 Å². The lowest BCUT2D eigenvalue weighted by molar-refractivity contribution is -0.137. The Balaban J connectivity index is 1.77. The molecule has 0 bridgehead atoms. The molecule has 0 aromatic heterocycles. The van der Waals surface area contributed by atoms with Crippen molar-refractivity contribution in [1.82, 2.24) is 4.90 Å². The summed E-state index contributed by atoms with van der Waals surface area (Å²) in [5.74, 6) is -0.0362. The van der Waals surface area contributed by atoms with Gasteiger partial charge in [0.25, 0.3) is 11.8 Å². The van der Waals surface area contributed by atoms with E-state index >= 15 is 0 Å². The van der Waals surface area contributed by atoms with Gasteiger partial charge in [0.15, 0.2) is 0 Å². The first-order valence-corrected chi connectivity index (χ1v) is 10.1. The first-order valence-electron chi connectivity index (χ1n) is 10.1. The fraction of sp³-hybridized carbons (Fsp3) is 0.154. The monoisotopic (exact) mass is 412 g/mol. The van der Waals surface area contributed by atoms with E-state index in [2.05, 4.69) is 5.32 Å². The number of carbonyl (C=O) groups is 2. The zero-order valence-corrected chi connectivity index (χ0v) is 17.8. The standard InChI is InChI=1S/C26H24N2O3/c1-17-13-14-19(15-18(17)2)23-24(27-21-10-5-4-6-11-21)26(30)28(25(23)29)16-20-9-7-8-12-22(20)31-3/h4-15,27H,16H2,1-3H3. The van der Waals surface area contributed by atoms with Crippen LogP contribution in [0.2, 0.25) is 0 Å². The molecule has 3 aromatic rings. The second-order valence-electron chi connectivity index (χ2n) is 7.55. The van der Waals surface area contributed by atoms with Crippen LogP contribution in [0, 0.1) is 13.8 Å². The van der Waals surface area contributed by atoms with E-state index in [1.54, 1.807) is 7.11 Å². The van der Waals surface area contributed by atoms with E-state index in [-0.39, 0.29) is 24.1 Å². The van der Waals surface area contributed by atoms with Crippen LogP contribution in [-0.2, 0) is 16.1 Å². The molecule has 2 amide bonds. The minimum absolute atomic E-state index is 0.135. The summed E-state index contributed by atoms with van der Waals surface area (Å²) in [4.78, 5) is 28.2. The molecule has 5 nitrogen and oxygen atoms in total. The molecule has 0 unspecified atom stereocenters. The van der Waals surface area contributed by atoms with E-state index in [4.69, 9.17) is 4.74 Å². The summed E-state index contributed by atoms with van der Waals surface area (Å²) >= 11 is 0. The number of nitrogens with one attached hydrogen (secondary N) is 1. The van der Waals surface area contributed by atoms with Gasteiger partial charge in [-0.2, -0.15) is 0 Å². The van der Waals surface area contributed by atoms with Gasteiger partial charge in [-0.25, -0.2) is 0 Å². The number of aryl methyl sites for hydroxylation is 2. The lowest BCUT2D eigenvalue weighted by atomic mass is 9.99. The van der Waals surface area contributed by atoms with Gasteiger partial charge in [0.2, 0.25) is 0 Å². The molecular formula is C26H24N2O3. The number of benzene rings is 3. The third kappa shape index (κ3) is 3.94. The minimum atomic E-state index is -0.354. The number of nitrogens with zero attached hydrogens (tertiary/aromatic N) is 1. The summed E-state index contributed by atoms with van der Waals surface area (Å²) in [6.45, 7) is 4.15. The molecule has 0 atom stereocenters. The number of carbonyl (C=O) groups excluding carboxylic acids is 2. The molecule has 0 saturated carbocycles. The van der Waals surface area contributed by atoms with Crippen molar-refractivity contribution in [2.24, 2.45) is 0 Å². The Morgan fingerprint density at radius 1 is 0.839 bits per heavy atom. The molecule has 4 rings (SSSR count). The van der Waals surface area contributed by atoms with E-state index < -0.39 is 0 Å². The molecule has 1 N–H and O–H groups in total. The van der Waals surface area contributed by atoms with Gasteiger partial charge in [0, 0.05) is 11.3 Å². The highest BCUT2D eigenvalue weighted by Crippen LogP contribution is 2.33. The highest BCUT2D eigenvalue weighted by Gasteiger charge is 2.39. The van der Waals surface area contributed by atoms with Crippen molar-refractivity contribution in [3.8, 4) is 5.75 Å². The Morgan fingerprint density at radius 3 is 2.26 bits per heavy atom. The molecule has 0 spiro atoms. The van der Waals surface area contributed by atoms with Crippen molar-refractivity contribution in [1.29, 1.82) is 0 Å². The molecule has 1 aliphatic rings. The normalized spacial score (nSPS) is 13.7. The average Bonchev–Trinajstić information content (AvgIpc) is 3.01. The molecule has 1 aliphatic heterocycles. The van der Waals surface area contributed by atoms with Gasteiger partial charge < -0.3 is 10.1 Å². The predicted molar refractivity (Wildman–Crippen MR) is 121 cm³/mol. The lowest BCUT2D eigenvalue weighted by Gasteiger charge is -2.17. The number of ether oxygens (including phenoxy) is 1. The molecule has 0 aliphatic carbocycles. The van der Waals surface area contributed by atoms with Crippen molar-refractivity contribution in [3.05, 3.63) is 101 Å². The Morgan fingerprint density at radius 2 is 1.55 bits per heavy atom. The van der Waals surface area contributed by atoms with Crippen LogP contribution in [0.4, 0.5) is 5.69 Å². The number of amides is 2. The predicted octanol–water partition coefficient (Wildman–Crippen LogP) is 4.70. The summed E-state index contributed by atoms with van der Waals surface area (Å²) in [6, 6.07) is 22.6. The molecule has 0 radical (unpaired) electrons. The second-order valence-corrected chi connectivity index (χ2v) is 7.55. The van der Waals surface area contributed by atoms with Crippen LogP contribution in [0.15, 0.2) is 78.5 Å². The minimum Gasteiger partial charge on any atom is -0.496 e. The Kier molecular flexibility index (Phi) is 5.58. The Hall–Kier alpha value is -3.86. The smallest absolute Gasteiger partial charge is 0.278 e. The SMILES string of the molecule is COc1ccccc1CN1C(=O)C(Nc2ccccc2)=C(c2ccc(C)c(C)c2)C1=O. The first kappa shape index (κ1) is 20.4. The second kappa shape index (κ2) is 8.48. The number of anilines is 1. The quantitative estimate of drug-likeness (QED) is 0.596. The summed E-state index contributed by atoms with van der Waals surface area (Å²) in [7, 11) is 1.58.